The van der Waals surface area contributed by atoms with Gasteiger partial charge in [-0.05, 0) is 11.4 Å². The Morgan fingerprint density at radius 2 is 2.29 bits per heavy atom. The second-order valence-electron chi connectivity index (χ2n) is 3.58. The number of nitrogens with two attached hydrogens (primary N) is 1. The Balaban J connectivity index is 2.23. The lowest BCUT2D eigenvalue weighted by Crippen LogP contribution is -2.09. The number of nitrogen functional groups attached to an aromatic ring is 1. The SMILES string of the molecule is Cn1cc(-c2nc(NN)c3ccsc3n2)cn1. The summed E-state index contributed by atoms with van der Waals surface area (Å²) in [6.45, 7) is 0. The molecule has 0 fully saturated rings. The van der Waals surface area contributed by atoms with Crippen LogP contribution >= 0.6 is 11.3 Å². The van der Waals surface area contributed by atoms with Gasteiger partial charge < -0.3 is 5.43 Å². The first-order valence-corrected chi connectivity index (χ1v) is 5.87. The van der Waals surface area contributed by atoms with Gasteiger partial charge in [-0.15, -0.1) is 11.3 Å². The summed E-state index contributed by atoms with van der Waals surface area (Å²) >= 11 is 1.56. The van der Waals surface area contributed by atoms with Crippen LogP contribution in [0.25, 0.3) is 21.6 Å². The minimum Gasteiger partial charge on any atom is -0.308 e. The molecular formula is C10H10N6S. The fourth-order valence-electron chi connectivity index (χ4n) is 1.63. The number of fused-ring (bicyclic) bond motifs is 1. The predicted octanol–water partition coefficient (Wildman–Crippen LogP) is 1.38. The second kappa shape index (κ2) is 3.79. The number of nitrogens with one attached hydrogen (secondary N) is 1. The highest BCUT2D eigenvalue weighted by atomic mass is 32.1. The van der Waals surface area contributed by atoms with Crippen LogP contribution in [-0.2, 0) is 7.05 Å². The molecule has 0 aliphatic carbocycles. The molecule has 0 unspecified atom stereocenters. The number of thiophene rings is 1. The third-order valence-corrected chi connectivity index (χ3v) is 3.23. The number of hydrogen-bond acceptors (Lipinski definition) is 6. The van der Waals surface area contributed by atoms with Crippen molar-refractivity contribution in [3.8, 4) is 11.4 Å². The summed E-state index contributed by atoms with van der Waals surface area (Å²) in [4.78, 5) is 9.78. The summed E-state index contributed by atoms with van der Waals surface area (Å²) in [6, 6.07) is 1.95. The number of aryl methyl sites for hydroxylation is 1. The highest BCUT2D eigenvalue weighted by Crippen LogP contribution is 2.27. The number of rotatable bonds is 2. The van der Waals surface area contributed by atoms with Crippen LogP contribution in [-0.4, -0.2) is 19.7 Å². The van der Waals surface area contributed by atoms with Crippen molar-refractivity contribution in [1.82, 2.24) is 19.7 Å². The summed E-state index contributed by atoms with van der Waals surface area (Å²) in [6.07, 6.45) is 3.60. The molecule has 0 atom stereocenters. The third-order valence-electron chi connectivity index (χ3n) is 2.42. The molecule has 0 saturated carbocycles. The average Bonchev–Trinajstić information content (AvgIpc) is 2.95. The summed E-state index contributed by atoms with van der Waals surface area (Å²) in [7, 11) is 1.86. The van der Waals surface area contributed by atoms with E-state index in [0.717, 1.165) is 15.8 Å². The maximum atomic E-state index is 5.47. The van der Waals surface area contributed by atoms with Gasteiger partial charge in [0, 0.05) is 13.2 Å². The van der Waals surface area contributed by atoms with Crippen molar-refractivity contribution >= 4 is 27.4 Å². The van der Waals surface area contributed by atoms with Crippen molar-refractivity contribution < 1.29 is 0 Å². The van der Waals surface area contributed by atoms with Gasteiger partial charge in [-0.2, -0.15) is 5.10 Å². The zero-order valence-electron chi connectivity index (χ0n) is 9.08. The van der Waals surface area contributed by atoms with Gasteiger partial charge in [0.1, 0.15) is 4.83 Å². The Bertz CT molecular complexity index is 670. The van der Waals surface area contributed by atoms with Crippen LogP contribution in [0.3, 0.4) is 0 Å². The lowest BCUT2D eigenvalue weighted by Gasteiger charge is -2.03. The van der Waals surface area contributed by atoms with Crippen molar-refractivity contribution in [2.75, 3.05) is 5.43 Å². The van der Waals surface area contributed by atoms with E-state index in [1.165, 1.54) is 0 Å². The third kappa shape index (κ3) is 1.65. The van der Waals surface area contributed by atoms with Crippen LogP contribution in [0, 0.1) is 0 Å². The molecule has 3 heterocycles. The first-order chi connectivity index (χ1) is 8.28. The minimum absolute atomic E-state index is 0.626. The topological polar surface area (TPSA) is 81.7 Å². The smallest absolute Gasteiger partial charge is 0.166 e. The molecule has 0 bridgehead atoms. The molecule has 0 radical (unpaired) electrons. The van der Waals surface area contributed by atoms with Crippen LogP contribution in [0.5, 0.6) is 0 Å². The van der Waals surface area contributed by atoms with Crippen molar-refractivity contribution in [3.63, 3.8) is 0 Å². The largest absolute Gasteiger partial charge is 0.308 e. The van der Waals surface area contributed by atoms with E-state index in [-0.39, 0.29) is 0 Å². The molecule has 0 aliphatic rings. The van der Waals surface area contributed by atoms with E-state index >= 15 is 0 Å². The molecule has 3 N–H and O–H groups in total. The number of anilines is 1. The van der Waals surface area contributed by atoms with Gasteiger partial charge in [0.25, 0.3) is 0 Å². The average molecular weight is 246 g/mol. The van der Waals surface area contributed by atoms with Gasteiger partial charge in [-0.3, -0.25) is 4.68 Å². The molecule has 3 aromatic rings. The van der Waals surface area contributed by atoms with E-state index in [0.29, 0.717) is 11.6 Å². The van der Waals surface area contributed by atoms with Crippen LogP contribution < -0.4 is 11.3 Å². The fourth-order valence-corrected chi connectivity index (χ4v) is 2.40. The van der Waals surface area contributed by atoms with Gasteiger partial charge in [0.05, 0.1) is 17.1 Å². The Morgan fingerprint density at radius 3 is 3.00 bits per heavy atom. The van der Waals surface area contributed by atoms with Crippen LogP contribution in [0.1, 0.15) is 0 Å². The fraction of sp³-hybridized carbons (Fsp3) is 0.100. The van der Waals surface area contributed by atoms with Crippen molar-refractivity contribution in [3.05, 3.63) is 23.8 Å². The number of hydrazine groups is 1. The number of aromatic nitrogens is 4. The Morgan fingerprint density at radius 1 is 1.41 bits per heavy atom. The van der Waals surface area contributed by atoms with Gasteiger partial charge in [0.15, 0.2) is 11.6 Å². The normalized spacial score (nSPS) is 10.9. The van der Waals surface area contributed by atoms with E-state index in [2.05, 4.69) is 20.5 Å². The maximum absolute atomic E-state index is 5.47. The van der Waals surface area contributed by atoms with E-state index in [1.54, 1.807) is 22.2 Å². The molecule has 86 valence electrons. The lowest BCUT2D eigenvalue weighted by atomic mass is 10.3. The first kappa shape index (κ1) is 10.2. The van der Waals surface area contributed by atoms with Gasteiger partial charge in [-0.25, -0.2) is 15.8 Å². The molecule has 0 spiro atoms. The zero-order chi connectivity index (χ0) is 11.8. The molecule has 3 rings (SSSR count). The van der Waals surface area contributed by atoms with E-state index in [4.69, 9.17) is 5.84 Å². The molecule has 0 saturated heterocycles. The molecular weight excluding hydrogens is 236 g/mol. The highest BCUT2D eigenvalue weighted by molar-refractivity contribution is 7.16. The van der Waals surface area contributed by atoms with Gasteiger partial charge in [-0.1, -0.05) is 0 Å². The second-order valence-corrected chi connectivity index (χ2v) is 4.48. The minimum atomic E-state index is 0.626. The summed E-state index contributed by atoms with van der Waals surface area (Å²) < 4.78 is 1.72. The van der Waals surface area contributed by atoms with E-state index in [1.807, 2.05) is 24.7 Å². The Labute approximate surface area is 101 Å². The molecule has 3 aromatic heterocycles. The number of nitrogens with zero attached hydrogens (tertiary/aromatic N) is 4. The van der Waals surface area contributed by atoms with E-state index in [9.17, 15) is 0 Å². The van der Waals surface area contributed by atoms with Crippen molar-refractivity contribution in [2.45, 2.75) is 0 Å². The Hall–Kier alpha value is -1.99. The van der Waals surface area contributed by atoms with Crippen molar-refractivity contribution in [2.24, 2.45) is 12.9 Å². The number of hydrogen-bond donors (Lipinski definition) is 2. The monoisotopic (exact) mass is 246 g/mol. The molecule has 17 heavy (non-hydrogen) atoms. The first-order valence-electron chi connectivity index (χ1n) is 4.99. The summed E-state index contributed by atoms with van der Waals surface area (Å²) in [5.41, 5.74) is 3.48. The van der Waals surface area contributed by atoms with Crippen LogP contribution in [0.4, 0.5) is 5.82 Å². The van der Waals surface area contributed by atoms with Gasteiger partial charge in [0.2, 0.25) is 0 Å². The summed E-state index contributed by atoms with van der Waals surface area (Å²) in [5, 5.41) is 7.01. The van der Waals surface area contributed by atoms with Gasteiger partial charge >= 0.3 is 0 Å². The quantitative estimate of drug-likeness (QED) is 0.527. The molecule has 6 nitrogen and oxygen atoms in total. The lowest BCUT2D eigenvalue weighted by molar-refractivity contribution is 0.768. The molecule has 0 amide bonds. The van der Waals surface area contributed by atoms with Crippen LogP contribution in [0.15, 0.2) is 23.8 Å². The van der Waals surface area contributed by atoms with E-state index < -0.39 is 0 Å². The predicted molar refractivity (Wildman–Crippen MR) is 67.4 cm³/mol. The summed E-state index contributed by atoms with van der Waals surface area (Å²) in [5.74, 6) is 6.73. The molecule has 7 heteroatoms. The maximum Gasteiger partial charge on any atom is 0.166 e. The standard InChI is InChI=1S/C10H10N6S/c1-16-5-6(4-12-16)8-13-9(15-11)7-2-3-17-10(7)14-8/h2-5H,11H2,1H3,(H,13,14,15). The molecule has 0 aromatic carbocycles. The zero-order valence-corrected chi connectivity index (χ0v) is 9.90. The van der Waals surface area contributed by atoms with Crippen molar-refractivity contribution in [1.29, 1.82) is 0 Å². The Kier molecular flexibility index (Phi) is 2.27. The van der Waals surface area contributed by atoms with Crippen LogP contribution in [0.2, 0.25) is 0 Å². The highest BCUT2D eigenvalue weighted by Gasteiger charge is 2.10. The molecule has 0 aliphatic heterocycles.